The lowest BCUT2D eigenvalue weighted by molar-refractivity contribution is -0.667. The largest absolute Gasteiger partial charge is 0.748 e. The molecule has 4 aromatic carbocycles. The van der Waals surface area contributed by atoms with Gasteiger partial charge in [-0.15, -0.1) is 0 Å². The van der Waals surface area contributed by atoms with E-state index in [1.807, 2.05) is 36.4 Å². The Morgan fingerprint density at radius 2 is 1.67 bits per heavy atom. The molecule has 5 aromatic rings. The van der Waals surface area contributed by atoms with E-state index < -0.39 is 15.9 Å². The van der Waals surface area contributed by atoms with Crippen LogP contribution in [0.25, 0.3) is 37.8 Å². The fourth-order valence-corrected chi connectivity index (χ4v) is 6.62. The van der Waals surface area contributed by atoms with Crippen LogP contribution in [0.4, 0.5) is 5.69 Å². The first kappa shape index (κ1) is 23.0. The Bertz CT molecular complexity index is 1770. The molecule has 0 aliphatic carbocycles. The predicted molar refractivity (Wildman–Crippen MR) is 144 cm³/mol. The number of thiazole rings is 1. The van der Waals surface area contributed by atoms with E-state index >= 15 is 0 Å². The van der Waals surface area contributed by atoms with Crippen LogP contribution in [0.15, 0.2) is 78.7 Å². The molecule has 0 spiro atoms. The quantitative estimate of drug-likeness (QED) is 0.215. The normalized spacial score (nSPS) is 14.7. The molecule has 0 atom stereocenters. The molecule has 0 bridgehead atoms. The summed E-state index contributed by atoms with van der Waals surface area (Å²) in [7, 11) is -4.29. The van der Waals surface area contributed by atoms with Crippen molar-refractivity contribution in [2.24, 2.45) is 0 Å². The van der Waals surface area contributed by atoms with Crippen LogP contribution in [0.5, 0.6) is 5.75 Å². The molecule has 1 aliphatic rings. The third kappa shape index (κ3) is 4.01. The van der Waals surface area contributed by atoms with E-state index in [9.17, 15) is 13.0 Å². The van der Waals surface area contributed by atoms with Crippen LogP contribution >= 0.6 is 11.3 Å². The van der Waals surface area contributed by atoms with Gasteiger partial charge in [-0.05, 0) is 35.9 Å². The second-order valence-electron chi connectivity index (χ2n) is 8.80. The Hall–Kier alpha value is -3.46. The average molecular weight is 517 g/mol. The molecule has 0 N–H and O–H groups in total. The summed E-state index contributed by atoms with van der Waals surface area (Å²) in [5.74, 6) is 1.15. The van der Waals surface area contributed by atoms with Gasteiger partial charge in [0.1, 0.15) is 4.70 Å². The maximum atomic E-state index is 11.3. The molecule has 182 valence electrons. The minimum Gasteiger partial charge on any atom is -0.748 e. The number of ether oxygens (including phenoxy) is 1. The smallest absolute Gasteiger partial charge is 0.268 e. The number of nitrogens with zero attached hydrogens (tertiary/aromatic N) is 2. The molecule has 0 amide bonds. The maximum absolute atomic E-state index is 11.3. The van der Waals surface area contributed by atoms with Crippen LogP contribution in [0.3, 0.4) is 0 Å². The lowest BCUT2D eigenvalue weighted by Crippen LogP contribution is -2.36. The van der Waals surface area contributed by atoms with E-state index in [0.717, 1.165) is 60.6 Å². The molecule has 2 heterocycles. The Labute approximate surface area is 213 Å². The topological polar surface area (TPSA) is 73.6 Å². The highest BCUT2D eigenvalue weighted by molar-refractivity contribution is 7.85. The second kappa shape index (κ2) is 8.89. The third-order valence-electron chi connectivity index (χ3n) is 6.57. The van der Waals surface area contributed by atoms with E-state index in [-0.39, 0.29) is 6.42 Å². The number of hydrogen-bond donors (Lipinski definition) is 0. The summed E-state index contributed by atoms with van der Waals surface area (Å²) in [5.41, 5.74) is 2.09. The highest BCUT2D eigenvalue weighted by Gasteiger charge is 2.30. The number of hydrogen-bond acceptors (Lipinski definition) is 6. The van der Waals surface area contributed by atoms with Gasteiger partial charge in [-0.25, -0.2) is 8.42 Å². The molecule has 0 fully saturated rings. The van der Waals surface area contributed by atoms with E-state index in [2.05, 4.69) is 58.9 Å². The highest BCUT2D eigenvalue weighted by atomic mass is 32.2. The van der Waals surface area contributed by atoms with E-state index in [0.29, 0.717) is 6.54 Å². The van der Waals surface area contributed by atoms with Crippen molar-refractivity contribution in [1.82, 2.24) is 0 Å². The molecule has 0 radical (unpaired) electrons. The minimum atomic E-state index is -4.29. The van der Waals surface area contributed by atoms with Crippen LogP contribution < -0.4 is 14.2 Å². The molecule has 8 heteroatoms. The van der Waals surface area contributed by atoms with Crippen molar-refractivity contribution in [2.75, 3.05) is 17.2 Å². The van der Waals surface area contributed by atoms with E-state index in [1.54, 1.807) is 11.3 Å². The Kier molecular flexibility index (Phi) is 5.67. The lowest BCUT2D eigenvalue weighted by Gasteiger charge is -2.16. The number of fused-ring (bicyclic) bond motifs is 6. The summed E-state index contributed by atoms with van der Waals surface area (Å²) >= 11 is 1.63. The first-order chi connectivity index (χ1) is 17.4. The van der Waals surface area contributed by atoms with Gasteiger partial charge in [0, 0.05) is 24.1 Å². The van der Waals surface area contributed by atoms with Gasteiger partial charge in [-0.1, -0.05) is 65.9 Å². The van der Waals surface area contributed by atoms with Crippen molar-refractivity contribution in [3.05, 3.63) is 83.7 Å². The number of aromatic nitrogens is 1. The standard InChI is InChI=1S/C28H24N2O4S2/c1-2-29-25(34-23-14-12-19-8-3-5-10-21(19)27(23)29)18-26-30(16-7-17-36(31,32)33)28-22-11-6-4-9-20(22)13-15-24(28)35-26/h3-6,8-15,18H,2,7,16-17H2,1H3. The summed E-state index contributed by atoms with van der Waals surface area (Å²) in [4.78, 5) is 2.17. The second-order valence-corrected chi connectivity index (χ2v) is 11.4. The highest BCUT2D eigenvalue weighted by Crippen LogP contribution is 2.44. The van der Waals surface area contributed by atoms with Crippen molar-refractivity contribution in [2.45, 2.75) is 19.9 Å². The van der Waals surface area contributed by atoms with Crippen LogP contribution in [0, 0.1) is 0 Å². The van der Waals surface area contributed by atoms with Gasteiger partial charge in [0.15, 0.2) is 12.3 Å². The van der Waals surface area contributed by atoms with Crippen molar-refractivity contribution in [3.8, 4) is 5.75 Å². The van der Waals surface area contributed by atoms with E-state index in [1.165, 1.54) is 0 Å². The number of benzene rings is 4. The minimum absolute atomic E-state index is 0.241. The van der Waals surface area contributed by atoms with Gasteiger partial charge in [0.25, 0.3) is 5.01 Å². The van der Waals surface area contributed by atoms with Gasteiger partial charge in [0.2, 0.25) is 11.4 Å². The van der Waals surface area contributed by atoms with Crippen LogP contribution in [0.1, 0.15) is 18.4 Å². The third-order valence-corrected chi connectivity index (χ3v) is 8.45. The van der Waals surface area contributed by atoms with Crippen LogP contribution in [0.2, 0.25) is 0 Å². The van der Waals surface area contributed by atoms with Crippen molar-refractivity contribution >= 4 is 65.0 Å². The Morgan fingerprint density at radius 3 is 2.42 bits per heavy atom. The molecule has 0 saturated heterocycles. The van der Waals surface area contributed by atoms with Crippen molar-refractivity contribution in [1.29, 1.82) is 0 Å². The number of aryl methyl sites for hydroxylation is 1. The molecule has 0 unspecified atom stereocenters. The molecule has 1 aromatic heterocycles. The summed E-state index contributed by atoms with van der Waals surface area (Å²) in [6.07, 6.45) is 2.27. The Balaban J connectivity index is 1.50. The fraction of sp³-hybridized carbons (Fsp3) is 0.179. The van der Waals surface area contributed by atoms with Crippen LogP contribution in [-0.4, -0.2) is 25.3 Å². The van der Waals surface area contributed by atoms with Gasteiger partial charge in [-0.2, -0.15) is 4.57 Å². The zero-order valence-electron chi connectivity index (χ0n) is 19.7. The molecule has 0 saturated carbocycles. The van der Waals surface area contributed by atoms with E-state index in [4.69, 9.17) is 4.74 Å². The van der Waals surface area contributed by atoms with Gasteiger partial charge in [-0.3, -0.25) is 0 Å². The number of anilines is 1. The first-order valence-corrected chi connectivity index (χ1v) is 14.3. The molecular weight excluding hydrogens is 492 g/mol. The zero-order chi connectivity index (χ0) is 24.9. The lowest BCUT2D eigenvalue weighted by atomic mass is 10.1. The molecular formula is C28H24N2O4S2. The first-order valence-electron chi connectivity index (χ1n) is 11.9. The number of rotatable bonds is 6. The molecule has 1 aliphatic heterocycles. The van der Waals surface area contributed by atoms with Gasteiger partial charge >= 0.3 is 0 Å². The van der Waals surface area contributed by atoms with Gasteiger partial charge < -0.3 is 14.2 Å². The summed E-state index contributed by atoms with van der Waals surface area (Å²) in [6.45, 7) is 3.24. The fourth-order valence-electron chi connectivity index (χ4n) is 5.00. The predicted octanol–water partition coefficient (Wildman–Crippen LogP) is 5.65. The molecule has 6 nitrogen and oxygen atoms in total. The zero-order valence-corrected chi connectivity index (χ0v) is 21.3. The molecule has 6 rings (SSSR count). The maximum Gasteiger partial charge on any atom is 0.268 e. The average Bonchev–Trinajstić information content (AvgIpc) is 3.41. The van der Waals surface area contributed by atoms with Gasteiger partial charge in [0.05, 0.1) is 27.3 Å². The van der Waals surface area contributed by atoms with Crippen molar-refractivity contribution < 1.29 is 22.3 Å². The Morgan fingerprint density at radius 1 is 0.972 bits per heavy atom. The van der Waals surface area contributed by atoms with Crippen LogP contribution in [-0.2, 0) is 16.7 Å². The molecule has 36 heavy (non-hydrogen) atoms. The SMILES string of the molecule is CCN1C(=Cc2sc3ccc4ccccc4c3[n+]2CCCS(=O)(=O)[O-])Oc2ccc3ccccc3c21. The monoisotopic (exact) mass is 516 g/mol. The van der Waals surface area contributed by atoms with Crippen molar-refractivity contribution in [3.63, 3.8) is 0 Å². The summed E-state index contributed by atoms with van der Waals surface area (Å²) < 4.78 is 43.5. The summed E-state index contributed by atoms with van der Waals surface area (Å²) in [5, 5.41) is 5.43. The summed E-state index contributed by atoms with van der Waals surface area (Å²) in [6, 6.07) is 24.7.